The fourth-order valence-corrected chi connectivity index (χ4v) is 6.18. The van der Waals surface area contributed by atoms with Gasteiger partial charge in [0, 0.05) is 43.4 Å². The van der Waals surface area contributed by atoms with Gasteiger partial charge < -0.3 is 19.6 Å². The molecule has 6 rings (SSSR count). The number of hydrogen-bond donors (Lipinski definition) is 2. The fourth-order valence-electron chi connectivity index (χ4n) is 4.83. The number of benzene rings is 2. The minimum atomic E-state index is -4.13. The minimum absolute atomic E-state index is 0.00342. The van der Waals surface area contributed by atoms with Crippen LogP contribution in [0.25, 0.3) is 33.7 Å². The molecule has 0 bridgehead atoms. The summed E-state index contributed by atoms with van der Waals surface area (Å²) in [5, 5.41) is 24.9. The molecule has 2 N–H and O–H groups in total. The van der Waals surface area contributed by atoms with Crippen LogP contribution in [0.4, 0.5) is 0 Å². The zero-order valence-electron chi connectivity index (χ0n) is 21.8. The molecule has 5 aromatic rings. The van der Waals surface area contributed by atoms with Crippen LogP contribution >= 0.6 is 0 Å². The SMILES string of the molecule is Cc1ccc(S(=O)(=O)n2ccc3nc(-c4cccc(-c5cc([C@]6(O)CCN(C)C6=O)on5)c4)nc(C(=O)O)c32)cc1. The molecule has 3 aromatic heterocycles. The van der Waals surface area contributed by atoms with Crippen molar-refractivity contribution in [2.45, 2.75) is 23.8 Å². The molecular weight excluding hydrogens is 550 g/mol. The van der Waals surface area contributed by atoms with Crippen molar-refractivity contribution in [1.82, 2.24) is 24.0 Å². The molecule has 208 valence electrons. The standard InChI is InChI=1S/C28H23N5O7S/c1-16-6-8-19(9-7-16)41(38,39)33-12-10-20-24(33)23(26(34)35)30-25(29-20)18-5-3-4-17(14-18)21-15-22(40-31-21)28(37)11-13-32(2)27(28)36/h3-10,12,14-15,37H,11,13H2,1-2H3,(H,34,35)/t28-/m1/s1. The number of aryl methyl sites for hydroxylation is 1. The van der Waals surface area contributed by atoms with Crippen LogP contribution in [0, 0.1) is 6.92 Å². The van der Waals surface area contributed by atoms with Gasteiger partial charge in [-0.3, -0.25) is 4.79 Å². The summed E-state index contributed by atoms with van der Waals surface area (Å²) in [6, 6.07) is 15.8. The number of aliphatic hydroxyl groups is 1. The number of aromatic nitrogens is 4. The van der Waals surface area contributed by atoms with Crippen molar-refractivity contribution < 1.29 is 32.7 Å². The van der Waals surface area contributed by atoms with Crippen molar-refractivity contribution in [1.29, 1.82) is 0 Å². The number of aromatic carboxylic acids is 1. The van der Waals surface area contributed by atoms with Crippen LogP contribution in [-0.2, 0) is 20.4 Å². The average molecular weight is 574 g/mol. The first-order valence-electron chi connectivity index (χ1n) is 12.5. The zero-order valence-corrected chi connectivity index (χ0v) is 22.7. The van der Waals surface area contributed by atoms with Gasteiger partial charge >= 0.3 is 5.97 Å². The molecule has 1 fully saturated rings. The molecule has 2 aromatic carbocycles. The van der Waals surface area contributed by atoms with Crippen molar-refractivity contribution in [3.63, 3.8) is 0 Å². The predicted molar refractivity (Wildman–Crippen MR) is 145 cm³/mol. The lowest BCUT2D eigenvalue weighted by molar-refractivity contribution is -0.144. The van der Waals surface area contributed by atoms with Gasteiger partial charge in [0.15, 0.2) is 17.3 Å². The maximum Gasteiger partial charge on any atom is 0.356 e. The summed E-state index contributed by atoms with van der Waals surface area (Å²) in [4.78, 5) is 34.8. The van der Waals surface area contributed by atoms with Gasteiger partial charge in [0.2, 0.25) is 5.60 Å². The van der Waals surface area contributed by atoms with E-state index in [1.54, 1.807) is 43.4 Å². The van der Waals surface area contributed by atoms with E-state index in [1.165, 1.54) is 35.4 Å². The van der Waals surface area contributed by atoms with Crippen molar-refractivity contribution >= 4 is 32.9 Å². The second-order valence-electron chi connectivity index (χ2n) is 9.86. The van der Waals surface area contributed by atoms with E-state index in [9.17, 15) is 28.2 Å². The Morgan fingerprint density at radius 3 is 2.46 bits per heavy atom. The molecule has 0 unspecified atom stereocenters. The molecule has 1 atom stereocenters. The summed E-state index contributed by atoms with van der Waals surface area (Å²) in [6.07, 6.45) is 1.42. The Morgan fingerprint density at radius 1 is 1.05 bits per heavy atom. The van der Waals surface area contributed by atoms with Gasteiger partial charge in [-0.05, 0) is 31.2 Å². The normalized spacial score (nSPS) is 17.4. The lowest BCUT2D eigenvalue weighted by atomic mass is 9.98. The number of likely N-dealkylation sites (N-methyl/N-ethyl adjacent to an activating group) is 1. The summed E-state index contributed by atoms with van der Waals surface area (Å²) >= 11 is 0. The second kappa shape index (κ2) is 9.35. The predicted octanol–water partition coefficient (Wildman–Crippen LogP) is 3.05. The monoisotopic (exact) mass is 573 g/mol. The molecule has 1 amide bonds. The Hall–Kier alpha value is -4.88. The van der Waals surface area contributed by atoms with Gasteiger partial charge in [-0.25, -0.2) is 27.2 Å². The Bertz CT molecular complexity index is 1960. The van der Waals surface area contributed by atoms with Crippen LogP contribution in [0.3, 0.4) is 0 Å². The van der Waals surface area contributed by atoms with E-state index < -0.39 is 33.2 Å². The highest BCUT2D eigenvalue weighted by Crippen LogP contribution is 2.35. The number of hydrogen-bond acceptors (Lipinski definition) is 9. The van der Waals surface area contributed by atoms with Crippen LogP contribution < -0.4 is 0 Å². The highest BCUT2D eigenvalue weighted by atomic mass is 32.2. The Labute approximate surface area is 233 Å². The van der Waals surface area contributed by atoms with E-state index in [4.69, 9.17) is 4.52 Å². The highest BCUT2D eigenvalue weighted by molar-refractivity contribution is 7.90. The maximum atomic E-state index is 13.4. The third kappa shape index (κ3) is 4.26. The van der Waals surface area contributed by atoms with Crippen LogP contribution in [0.1, 0.15) is 28.2 Å². The van der Waals surface area contributed by atoms with Crippen LogP contribution in [0.5, 0.6) is 0 Å². The number of carbonyl (C=O) groups is 2. The molecular formula is C28H23N5O7S. The molecule has 4 heterocycles. The van der Waals surface area contributed by atoms with Gasteiger partial charge in [-0.1, -0.05) is 41.1 Å². The molecule has 12 nitrogen and oxygen atoms in total. The quantitative estimate of drug-likeness (QED) is 0.308. The molecule has 13 heteroatoms. The Morgan fingerprint density at radius 2 is 1.78 bits per heavy atom. The van der Waals surface area contributed by atoms with E-state index in [1.807, 2.05) is 6.92 Å². The summed E-state index contributed by atoms with van der Waals surface area (Å²) in [5.41, 5.74) is -0.116. The molecule has 1 aliphatic heterocycles. The first kappa shape index (κ1) is 26.3. The molecule has 0 aliphatic carbocycles. The van der Waals surface area contributed by atoms with Gasteiger partial charge in [0.25, 0.3) is 15.9 Å². The number of amides is 1. The number of rotatable bonds is 6. The fraction of sp³-hybridized carbons (Fsp3) is 0.179. The second-order valence-corrected chi connectivity index (χ2v) is 11.7. The van der Waals surface area contributed by atoms with E-state index in [2.05, 4.69) is 15.1 Å². The van der Waals surface area contributed by atoms with Crippen LogP contribution in [0.15, 0.2) is 76.3 Å². The summed E-state index contributed by atoms with van der Waals surface area (Å²) in [6.45, 7) is 2.20. The smallest absolute Gasteiger partial charge is 0.356 e. The van der Waals surface area contributed by atoms with Crippen LogP contribution in [0.2, 0.25) is 0 Å². The van der Waals surface area contributed by atoms with Gasteiger partial charge in [-0.15, -0.1) is 0 Å². The third-order valence-corrected chi connectivity index (χ3v) is 8.81. The van der Waals surface area contributed by atoms with Crippen molar-refractivity contribution in [3.05, 3.63) is 83.9 Å². The summed E-state index contributed by atoms with van der Waals surface area (Å²) < 4.78 is 32.9. The van der Waals surface area contributed by atoms with Crippen molar-refractivity contribution in [3.8, 4) is 22.6 Å². The van der Waals surface area contributed by atoms with Gasteiger partial charge in [-0.2, -0.15) is 0 Å². The third-order valence-electron chi connectivity index (χ3n) is 7.12. The first-order chi connectivity index (χ1) is 19.5. The first-order valence-corrected chi connectivity index (χ1v) is 13.9. The number of likely N-dealkylation sites (tertiary alicyclic amines) is 1. The van der Waals surface area contributed by atoms with Crippen LogP contribution in [-0.4, -0.2) is 68.1 Å². The number of carboxylic acids is 1. The largest absolute Gasteiger partial charge is 0.476 e. The molecule has 1 saturated heterocycles. The lowest BCUT2D eigenvalue weighted by Crippen LogP contribution is -2.35. The lowest BCUT2D eigenvalue weighted by Gasteiger charge is -2.16. The van der Waals surface area contributed by atoms with E-state index in [0.29, 0.717) is 23.4 Å². The average Bonchev–Trinajstić information content (AvgIpc) is 3.69. The molecule has 1 aliphatic rings. The Kier molecular flexibility index (Phi) is 6.01. The topological polar surface area (TPSA) is 169 Å². The van der Waals surface area contributed by atoms with Crippen molar-refractivity contribution in [2.24, 2.45) is 0 Å². The van der Waals surface area contributed by atoms with Gasteiger partial charge in [0.1, 0.15) is 11.2 Å². The van der Waals surface area contributed by atoms with E-state index in [-0.39, 0.29) is 33.9 Å². The molecule has 0 spiro atoms. The summed E-state index contributed by atoms with van der Waals surface area (Å²) in [7, 11) is -2.53. The maximum absolute atomic E-state index is 13.4. The molecule has 0 radical (unpaired) electrons. The Balaban J connectivity index is 1.41. The van der Waals surface area contributed by atoms with Gasteiger partial charge in [0.05, 0.1) is 10.4 Å². The minimum Gasteiger partial charge on any atom is -0.476 e. The number of carboxylic acid groups (broad SMARTS) is 1. The molecule has 41 heavy (non-hydrogen) atoms. The number of nitrogens with zero attached hydrogens (tertiary/aromatic N) is 5. The van der Waals surface area contributed by atoms with E-state index in [0.717, 1.165) is 9.54 Å². The van der Waals surface area contributed by atoms with E-state index >= 15 is 0 Å². The zero-order chi connectivity index (χ0) is 29.1. The number of fused-ring (bicyclic) bond motifs is 1. The number of carbonyl (C=O) groups excluding carboxylic acids is 1. The highest BCUT2D eigenvalue weighted by Gasteiger charge is 2.48. The summed E-state index contributed by atoms with van der Waals surface area (Å²) in [5.74, 6) is -1.82. The van der Waals surface area contributed by atoms with Crippen molar-refractivity contribution in [2.75, 3.05) is 13.6 Å². The molecule has 0 saturated carbocycles.